The number of thiazole rings is 1. The van der Waals surface area contributed by atoms with Gasteiger partial charge in [-0.2, -0.15) is 13.2 Å². The summed E-state index contributed by atoms with van der Waals surface area (Å²) in [4.78, 5) is 82.4. The molecule has 1 aromatic heterocycles. The number of thioether (sulfide) groups is 1. The van der Waals surface area contributed by atoms with Crippen LogP contribution in [0.1, 0.15) is 159 Å². The molecule has 107 heavy (non-hydrogen) atoms. The third-order valence-electron chi connectivity index (χ3n) is 22.4. The Hall–Kier alpha value is -7.02. The summed E-state index contributed by atoms with van der Waals surface area (Å²) in [6.45, 7) is 19.6. The number of nitrogens with one attached hydrogen (secondary N) is 4. The second kappa shape index (κ2) is 33.3. The number of sulfonamides is 1. The molecule has 5 amide bonds. The number of halogens is 5. The van der Waals surface area contributed by atoms with Crippen molar-refractivity contribution in [1.82, 2.24) is 39.9 Å². The lowest BCUT2D eigenvalue weighted by Crippen LogP contribution is -2.66. The summed E-state index contributed by atoms with van der Waals surface area (Å²) in [5.41, 5.74) is 0.326. The number of carbonyl (C=O) groups excluding carboxylic acids is 5. The molecule has 2 unspecified atom stereocenters. The summed E-state index contributed by atoms with van der Waals surface area (Å²) in [6, 6.07) is 22.6. The van der Waals surface area contributed by atoms with E-state index in [-0.39, 0.29) is 59.8 Å². The zero-order valence-electron chi connectivity index (χ0n) is 62.0. The van der Waals surface area contributed by atoms with E-state index in [0.717, 1.165) is 83.3 Å². The molecule has 4 aromatic carbocycles. The first kappa shape index (κ1) is 81.0. The van der Waals surface area contributed by atoms with Gasteiger partial charge in [-0.3, -0.25) is 33.8 Å². The molecule has 582 valence electrons. The average Bonchev–Trinajstić information content (AvgIpc) is 1.21. The van der Waals surface area contributed by atoms with Gasteiger partial charge in [-0.15, -0.1) is 23.1 Å². The molecule has 3 saturated carbocycles. The molecule has 3 saturated heterocycles. The number of β-amino-alcohol motifs (C(OH)–C–C–N with tert-alkyl or cyclic N) is 1. The summed E-state index contributed by atoms with van der Waals surface area (Å²) in [6.07, 6.45) is 4.65. The monoisotopic (exact) mass is 1560 g/mol. The number of anilines is 2. The summed E-state index contributed by atoms with van der Waals surface area (Å²) in [7, 11) is -11.2. The van der Waals surface area contributed by atoms with E-state index in [1.165, 1.54) is 39.9 Å². The van der Waals surface area contributed by atoms with Crippen LogP contribution in [0, 0.1) is 28.6 Å². The van der Waals surface area contributed by atoms with Gasteiger partial charge in [-0.25, -0.2) is 35.3 Å². The lowest BCUT2D eigenvalue weighted by atomic mass is 9.32. The molecule has 0 spiro atoms. The predicted molar refractivity (Wildman–Crippen MR) is 405 cm³/mol. The van der Waals surface area contributed by atoms with Gasteiger partial charge in [0.25, 0.3) is 25.8 Å². The van der Waals surface area contributed by atoms with Crippen LogP contribution >= 0.6 is 23.1 Å². The van der Waals surface area contributed by atoms with Crippen molar-refractivity contribution in [3.05, 3.63) is 131 Å². The Morgan fingerprint density at radius 1 is 0.794 bits per heavy atom. The first-order chi connectivity index (χ1) is 50.5. The molecule has 29 heteroatoms. The highest BCUT2D eigenvalue weighted by Gasteiger charge is 2.73. The van der Waals surface area contributed by atoms with Gasteiger partial charge in [-0.1, -0.05) is 101 Å². The van der Waals surface area contributed by atoms with Crippen molar-refractivity contribution in [1.29, 1.82) is 0 Å². The van der Waals surface area contributed by atoms with Crippen LogP contribution in [0.4, 0.5) is 33.3 Å². The fraction of sp³-hybridized carbons (Fsp3) is 0.564. The smallest absolute Gasteiger partial charge is 0.391 e. The van der Waals surface area contributed by atoms with Crippen LogP contribution in [0.15, 0.2) is 128 Å². The predicted octanol–water partition coefficient (Wildman–Crippen LogP) is 12.4. The second-order valence-corrected chi connectivity index (χ2v) is 37.6. The number of rotatable bonds is 30. The molecule has 5 aromatic rings. The Balaban J connectivity index is 0.631. The molecule has 4 heterocycles. The van der Waals surface area contributed by atoms with Crippen LogP contribution in [-0.2, 0) is 39.0 Å². The van der Waals surface area contributed by atoms with E-state index < -0.39 is 106 Å². The third-order valence-corrected chi connectivity index (χ3v) is 27.4. The van der Waals surface area contributed by atoms with E-state index in [1.54, 1.807) is 33.9 Å². The molecule has 6 fully saturated rings. The molecule has 4 aliphatic carbocycles. The number of piperazine rings is 2. The van der Waals surface area contributed by atoms with Gasteiger partial charge in [0.15, 0.2) is 0 Å². The number of alkyl halides is 5. The molecule has 0 radical (unpaired) electrons. The van der Waals surface area contributed by atoms with Crippen molar-refractivity contribution < 1.29 is 67.9 Å². The number of aliphatic hydroxyl groups excluding tert-OH is 1. The van der Waals surface area contributed by atoms with Gasteiger partial charge in [0.1, 0.15) is 17.0 Å². The largest absolute Gasteiger partial charge is 0.501 e. The van der Waals surface area contributed by atoms with Crippen molar-refractivity contribution in [2.45, 2.75) is 195 Å². The molecule has 20 nitrogen and oxygen atoms in total. The number of hydrogen-bond donors (Lipinski definition) is 5. The van der Waals surface area contributed by atoms with Crippen LogP contribution in [0.25, 0.3) is 10.4 Å². The number of aryl methyl sites for hydroxylation is 1. The van der Waals surface area contributed by atoms with E-state index in [9.17, 15) is 67.9 Å². The maximum Gasteiger partial charge on any atom is 0.501 e. The van der Waals surface area contributed by atoms with E-state index in [1.807, 2.05) is 93.9 Å². The highest BCUT2D eigenvalue weighted by Crippen LogP contribution is 2.79. The summed E-state index contributed by atoms with van der Waals surface area (Å²) in [5, 5.41) is 19.7. The molecule has 3 aliphatic heterocycles. The van der Waals surface area contributed by atoms with Crippen LogP contribution in [-0.4, -0.2) is 190 Å². The minimum atomic E-state index is -6.19. The van der Waals surface area contributed by atoms with Crippen molar-refractivity contribution in [3.63, 3.8) is 0 Å². The number of sulfone groups is 1. The minimum absolute atomic E-state index is 0.0310. The number of aromatic nitrogens is 1. The van der Waals surface area contributed by atoms with E-state index >= 15 is 0 Å². The zero-order chi connectivity index (χ0) is 77.0. The van der Waals surface area contributed by atoms with Crippen LogP contribution in [0.2, 0.25) is 0 Å². The van der Waals surface area contributed by atoms with E-state index in [2.05, 4.69) is 49.5 Å². The quantitative estimate of drug-likeness (QED) is 0.0124. The van der Waals surface area contributed by atoms with Crippen molar-refractivity contribution in [3.8, 4) is 10.4 Å². The van der Waals surface area contributed by atoms with Gasteiger partial charge >= 0.3 is 5.51 Å². The normalized spacial score (nSPS) is 22.4. The number of hydrogen-bond acceptors (Lipinski definition) is 17. The lowest BCUT2D eigenvalue weighted by molar-refractivity contribution is -0.250. The Morgan fingerprint density at radius 2 is 1.45 bits per heavy atom. The molecule has 12 rings (SSSR count). The fourth-order valence-corrected chi connectivity index (χ4v) is 20.0. The topological polar surface area (TPSA) is 251 Å². The summed E-state index contributed by atoms with van der Waals surface area (Å²) < 4.78 is 128. The second-order valence-electron chi connectivity index (χ2n) is 32.0. The highest BCUT2D eigenvalue weighted by molar-refractivity contribution is 7.99. The summed E-state index contributed by atoms with van der Waals surface area (Å²) >= 11 is 2.94. The van der Waals surface area contributed by atoms with Crippen molar-refractivity contribution in [2.24, 2.45) is 21.7 Å². The standard InChI is InChI=1S/C78H101F5N10O10S4/c1-51(53-19-21-54(22-20-53)68-52(2)84-50-105-68)85-71(98)64-41-59(94)45-93(64)72(99)69(74(3,4)5)87-66(95)17-13-8-9-14-18-67(96)92-39-33-89(34-40-92)32-30-57(46-104-60-15-11-10-12-16-60)86-63-28-27-61(42-65(63)106(100,101)78(81,82)83)107(102,103)88-70(97)55-23-25-58(26-24-55)91-37-35-90(36-38-91)44-56-29-31-75(6,7)43-62(56)76-47-77(48-76,49-76)73(79)80/h10-12,15-16,19-28,42,50-51,57,59,64,69,73,86,94H,8-9,13-14,17-18,29-41,43-49H2,1-7H3,(H,85,98)(H,87,95)(H,88,97)/t51-,57?,59+,64-,69?,76?,77?/m0/s1. The van der Waals surface area contributed by atoms with Gasteiger partial charge < -0.3 is 35.8 Å². The molecular formula is C78H101F5N10O10S4. The Kier molecular flexibility index (Phi) is 25.2. The molecular weight excluding hydrogens is 1460 g/mol. The first-order valence-electron chi connectivity index (χ1n) is 37.2. The number of carbonyl (C=O) groups is 5. The molecule has 5 atom stereocenters. The van der Waals surface area contributed by atoms with Gasteiger partial charge in [-0.05, 0) is 154 Å². The Morgan fingerprint density at radius 3 is 2.07 bits per heavy atom. The van der Waals surface area contributed by atoms with Crippen LogP contribution < -0.4 is 25.6 Å². The maximum absolute atomic E-state index is 14.6. The highest BCUT2D eigenvalue weighted by atomic mass is 32.2. The number of benzene rings is 4. The fourth-order valence-electron chi connectivity index (χ4n) is 16.1. The zero-order valence-corrected chi connectivity index (χ0v) is 65.3. The lowest BCUT2D eigenvalue weighted by Gasteiger charge is -2.72. The number of likely N-dealkylation sites (tertiary alicyclic amines) is 1. The van der Waals surface area contributed by atoms with Gasteiger partial charge in [0.05, 0.1) is 38.8 Å². The first-order valence-corrected chi connectivity index (χ1v) is 42.0. The average molecular weight is 1560 g/mol. The van der Waals surface area contributed by atoms with E-state index in [0.29, 0.717) is 103 Å². The molecule has 2 bridgehead atoms. The molecule has 7 aliphatic rings. The minimum Gasteiger partial charge on any atom is -0.391 e. The van der Waals surface area contributed by atoms with E-state index in [4.69, 9.17) is 0 Å². The number of amides is 5. The number of nitrogens with zero attached hydrogens (tertiary/aromatic N) is 6. The number of unbranched alkanes of at least 4 members (excludes halogenated alkanes) is 3. The molecule has 5 N–H and O–H groups in total. The van der Waals surface area contributed by atoms with Crippen molar-refractivity contribution in [2.75, 3.05) is 88.0 Å². The van der Waals surface area contributed by atoms with Crippen LogP contribution in [0.5, 0.6) is 0 Å². The summed E-state index contributed by atoms with van der Waals surface area (Å²) in [5.74, 6) is -2.05. The van der Waals surface area contributed by atoms with Gasteiger partial charge in [0.2, 0.25) is 30.1 Å². The number of aliphatic hydroxyl groups is 1. The maximum atomic E-state index is 14.6. The van der Waals surface area contributed by atoms with Crippen LogP contribution in [0.3, 0.4) is 0 Å². The Labute approximate surface area is 633 Å². The SMILES string of the molecule is Cc1ncsc1-c1ccc([C@H](C)NC(=O)[C@@H]2C[C@@H](O)CN2C(=O)C(NC(=O)CCCCCCC(=O)N2CCN(CCC(CSc3ccccc3)Nc3ccc(S(=O)(=O)NC(=O)c4ccc(N5CCN(CC6=C(C78CC(C(F)F)(C7)C8)CC(C)(C)CC6)CC5)cc4)cc3S(=O)(=O)C(F)(F)F)CC2)C(C)(C)C)cc1. The Bertz CT molecular complexity index is 4260. The third kappa shape index (κ3) is 19.2. The van der Waals surface area contributed by atoms with Gasteiger partial charge in [0, 0.05) is 125 Å². The number of allylic oxidation sites excluding steroid dienone is 1. The van der Waals surface area contributed by atoms with Crippen molar-refractivity contribution >= 4 is 83.9 Å².